The average molecular weight is 261 g/mol. The molecule has 0 fully saturated rings. The number of pyridine rings is 1. The summed E-state index contributed by atoms with van der Waals surface area (Å²) in [5.74, 6) is 1.86. The normalized spacial score (nSPS) is 10.3. The quantitative estimate of drug-likeness (QED) is 0.916. The van der Waals surface area contributed by atoms with Gasteiger partial charge < -0.3 is 9.84 Å². The monoisotopic (exact) mass is 261 g/mol. The highest BCUT2D eigenvalue weighted by atomic mass is 32.2. The highest BCUT2D eigenvalue weighted by molar-refractivity contribution is 7.97. The number of aromatic hydroxyl groups is 1. The second-order valence-electron chi connectivity index (χ2n) is 3.87. The van der Waals surface area contributed by atoms with E-state index in [2.05, 4.69) is 11.2 Å². The van der Waals surface area contributed by atoms with E-state index in [-0.39, 0.29) is 5.75 Å². The first-order chi connectivity index (χ1) is 8.74. The largest absolute Gasteiger partial charge is 0.507 e. The van der Waals surface area contributed by atoms with Crippen molar-refractivity contribution in [3.05, 3.63) is 42.1 Å². The van der Waals surface area contributed by atoms with Crippen LogP contribution in [-0.4, -0.2) is 23.5 Å². The van der Waals surface area contributed by atoms with E-state index in [0.717, 1.165) is 11.4 Å². The fourth-order valence-electron chi connectivity index (χ4n) is 1.68. The maximum atomic E-state index is 9.86. The number of hydrogen-bond donors (Lipinski definition) is 1. The second-order valence-corrected chi connectivity index (χ2v) is 4.73. The first-order valence-corrected chi connectivity index (χ1v) is 6.95. The molecule has 4 heteroatoms. The summed E-state index contributed by atoms with van der Waals surface area (Å²) in [5, 5.41) is 9.86. The topological polar surface area (TPSA) is 42.4 Å². The number of nitrogens with zero attached hydrogens (tertiary/aromatic N) is 1. The van der Waals surface area contributed by atoms with Gasteiger partial charge in [-0.15, -0.1) is 0 Å². The zero-order chi connectivity index (χ0) is 13.0. The fourth-order valence-corrected chi connectivity index (χ4v) is 2.19. The molecule has 0 aliphatic rings. The number of ether oxygens (including phenoxy) is 1. The predicted molar refractivity (Wildman–Crippen MR) is 75.1 cm³/mol. The number of thioether (sulfide) groups is 1. The molecule has 0 saturated heterocycles. The van der Waals surface area contributed by atoms with Crippen LogP contribution < -0.4 is 4.74 Å². The van der Waals surface area contributed by atoms with Crippen LogP contribution in [0.25, 0.3) is 11.3 Å². The number of hydrogen-bond acceptors (Lipinski definition) is 4. The lowest BCUT2D eigenvalue weighted by molar-refractivity contribution is 0.412. The van der Waals surface area contributed by atoms with Gasteiger partial charge in [0.25, 0.3) is 0 Å². The molecular weight excluding hydrogens is 246 g/mol. The van der Waals surface area contributed by atoms with Crippen molar-refractivity contribution in [1.82, 2.24) is 4.98 Å². The molecule has 0 bridgehead atoms. The molecule has 1 aromatic carbocycles. The maximum absolute atomic E-state index is 9.86. The number of aromatic nitrogens is 1. The van der Waals surface area contributed by atoms with Gasteiger partial charge in [0, 0.05) is 17.5 Å². The average Bonchev–Trinajstić information content (AvgIpc) is 2.41. The lowest BCUT2D eigenvalue weighted by Gasteiger charge is -2.07. The minimum Gasteiger partial charge on any atom is -0.507 e. The maximum Gasteiger partial charge on any atom is 0.125 e. The van der Waals surface area contributed by atoms with E-state index in [9.17, 15) is 5.11 Å². The van der Waals surface area contributed by atoms with Gasteiger partial charge in [0.2, 0.25) is 0 Å². The van der Waals surface area contributed by atoms with Gasteiger partial charge in [0.1, 0.15) is 11.5 Å². The van der Waals surface area contributed by atoms with Crippen LogP contribution in [0.4, 0.5) is 0 Å². The Hall–Kier alpha value is -1.68. The minimum atomic E-state index is 0.209. The number of rotatable bonds is 4. The van der Waals surface area contributed by atoms with Crippen molar-refractivity contribution < 1.29 is 9.84 Å². The fraction of sp³-hybridized carbons (Fsp3) is 0.214. The van der Waals surface area contributed by atoms with Crippen LogP contribution in [0, 0.1) is 0 Å². The smallest absolute Gasteiger partial charge is 0.125 e. The predicted octanol–water partition coefficient (Wildman–Crippen LogP) is 3.33. The molecule has 1 heterocycles. The zero-order valence-corrected chi connectivity index (χ0v) is 11.2. The number of methoxy groups -OCH3 is 1. The molecule has 1 aromatic heterocycles. The third-order valence-electron chi connectivity index (χ3n) is 2.62. The molecule has 0 amide bonds. The van der Waals surface area contributed by atoms with Crippen molar-refractivity contribution in [2.24, 2.45) is 0 Å². The Kier molecular flexibility index (Phi) is 4.10. The third-order valence-corrected chi connectivity index (χ3v) is 3.24. The summed E-state index contributed by atoms with van der Waals surface area (Å²) in [7, 11) is 1.60. The van der Waals surface area contributed by atoms with E-state index in [0.29, 0.717) is 11.3 Å². The Balaban J connectivity index is 2.35. The molecule has 0 atom stereocenters. The molecule has 18 heavy (non-hydrogen) atoms. The van der Waals surface area contributed by atoms with Crippen molar-refractivity contribution >= 4 is 11.8 Å². The van der Waals surface area contributed by atoms with Gasteiger partial charge in [0.05, 0.1) is 12.8 Å². The summed E-state index contributed by atoms with van der Waals surface area (Å²) in [5.41, 5.74) is 2.61. The number of phenols is 1. The molecule has 0 saturated carbocycles. The molecule has 0 aliphatic heterocycles. The van der Waals surface area contributed by atoms with Gasteiger partial charge in [-0.3, -0.25) is 4.98 Å². The van der Waals surface area contributed by atoms with Crippen molar-refractivity contribution in [3.8, 4) is 22.8 Å². The summed E-state index contributed by atoms with van der Waals surface area (Å²) < 4.78 is 5.15. The molecule has 94 valence electrons. The van der Waals surface area contributed by atoms with Gasteiger partial charge in [-0.1, -0.05) is 6.07 Å². The molecule has 0 unspecified atom stereocenters. The van der Waals surface area contributed by atoms with Crippen LogP contribution in [0.2, 0.25) is 0 Å². The second kappa shape index (κ2) is 5.78. The Morgan fingerprint density at radius 1 is 1.28 bits per heavy atom. The van der Waals surface area contributed by atoms with Crippen LogP contribution in [0.1, 0.15) is 5.56 Å². The van der Waals surface area contributed by atoms with Gasteiger partial charge in [-0.05, 0) is 36.1 Å². The van der Waals surface area contributed by atoms with E-state index in [4.69, 9.17) is 4.74 Å². The van der Waals surface area contributed by atoms with E-state index >= 15 is 0 Å². The molecule has 3 nitrogen and oxygen atoms in total. The van der Waals surface area contributed by atoms with E-state index < -0.39 is 0 Å². The van der Waals surface area contributed by atoms with Gasteiger partial charge in [-0.2, -0.15) is 11.8 Å². The first kappa shape index (κ1) is 12.8. The Labute approximate surface area is 111 Å². The number of phenolic OH excluding ortho intramolecular Hbond substituents is 1. The van der Waals surface area contributed by atoms with Gasteiger partial charge >= 0.3 is 0 Å². The highest BCUT2D eigenvalue weighted by Crippen LogP contribution is 2.31. The van der Waals surface area contributed by atoms with Crippen molar-refractivity contribution in [2.75, 3.05) is 13.4 Å². The summed E-state index contributed by atoms with van der Waals surface area (Å²) in [6, 6.07) is 9.07. The minimum absolute atomic E-state index is 0.209. The van der Waals surface area contributed by atoms with Crippen LogP contribution in [0.15, 0.2) is 36.5 Å². The van der Waals surface area contributed by atoms with Gasteiger partial charge in [-0.25, -0.2) is 0 Å². The van der Waals surface area contributed by atoms with E-state index in [1.807, 2.05) is 18.3 Å². The Morgan fingerprint density at radius 2 is 2.11 bits per heavy atom. The summed E-state index contributed by atoms with van der Waals surface area (Å²) >= 11 is 1.76. The van der Waals surface area contributed by atoms with Crippen LogP contribution >= 0.6 is 11.8 Å². The number of benzene rings is 1. The Bertz CT molecular complexity index is 526. The third kappa shape index (κ3) is 2.76. The molecule has 1 N–H and O–H groups in total. The summed E-state index contributed by atoms with van der Waals surface area (Å²) in [4.78, 5) is 4.37. The lowest BCUT2D eigenvalue weighted by atomic mass is 10.1. The summed E-state index contributed by atoms with van der Waals surface area (Å²) in [6.07, 6.45) is 3.90. The van der Waals surface area contributed by atoms with Crippen LogP contribution in [0.5, 0.6) is 11.5 Å². The first-order valence-electron chi connectivity index (χ1n) is 5.56. The van der Waals surface area contributed by atoms with E-state index in [1.54, 1.807) is 37.1 Å². The molecule has 2 rings (SSSR count). The van der Waals surface area contributed by atoms with Crippen molar-refractivity contribution in [2.45, 2.75) is 5.75 Å². The summed E-state index contributed by atoms with van der Waals surface area (Å²) in [6.45, 7) is 0. The molecular formula is C14H15NO2S. The van der Waals surface area contributed by atoms with Crippen molar-refractivity contribution in [1.29, 1.82) is 0 Å². The molecule has 0 radical (unpaired) electrons. The SMILES string of the molecule is COc1ccc(O)c(-c2ccc(CSC)cn2)c1. The Morgan fingerprint density at radius 3 is 2.72 bits per heavy atom. The molecule has 0 spiro atoms. The van der Waals surface area contributed by atoms with Crippen LogP contribution in [0.3, 0.4) is 0 Å². The van der Waals surface area contributed by atoms with Gasteiger partial charge in [0.15, 0.2) is 0 Å². The highest BCUT2D eigenvalue weighted by Gasteiger charge is 2.07. The lowest BCUT2D eigenvalue weighted by Crippen LogP contribution is -1.89. The van der Waals surface area contributed by atoms with E-state index in [1.165, 1.54) is 5.56 Å². The molecule has 2 aromatic rings. The van der Waals surface area contributed by atoms with Crippen LogP contribution in [-0.2, 0) is 5.75 Å². The standard InChI is InChI=1S/C14H15NO2S/c1-17-11-4-6-14(16)12(7-11)13-5-3-10(8-15-13)9-18-2/h3-8,16H,9H2,1-2H3. The van der Waals surface area contributed by atoms with Crippen molar-refractivity contribution in [3.63, 3.8) is 0 Å². The zero-order valence-electron chi connectivity index (χ0n) is 10.4. The molecule has 0 aliphatic carbocycles.